The third kappa shape index (κ3) is 9.02. The lowest BCUT2D eigenvalue weighted by Gasteiger charge is -2.39. The van der Waals surface area contributed by atoms with Crippen LogP contribution in [0.2, 0.25) is 5.02 Å². The monoisotopic (exact) mass is 865 g/mol. The zero-order valence-electron chi connectivity index (χ0n) is 34.1. The van der Waals surface area contributed by atoms with Crippen molar-refractivity contribution < 1.29 is 46.5 Å². The maximum atomic E-state index is 17.5. The Morgan fingerprint density at radius 1 is 0.967 bits per heavy atom. The summed E-state index contributed by atoms with van der Waals surface area (Å²) < 4.78 is 79.7. The van der Waals surface area contributed by atoms with Crippen LogP contribution >= 0.6 is 11.6 Å². The van der Waals surface area contributed by atoms with Crippen LogP contribution in [0, 0.1) is 12.7 Å². The number of methoxy groups -OCH3 is 2. The van der Waals surface area contributed by atoms with E-state index in [-0.39, 0.29) is 90.4 Å². The number of alkyl halides is 3. The summed E-state index contributed by atoms with van der Waals surface area (Å²) in [6.45, 7) is 3.77. The van der Waals surface area contributed by atoms with Crippen molar-refractivity contribution in [3.05, 3.63) is 93.8 Å². The van der Waals surface area contributed by atoms with Gasteiger partial charge < -0.3 is 38.9 Å². The molecule has 2 aliphatic rings. The standard InChI is InChI=1S/C43H44ClF4N7O6/c1-24-18-33(54(21-26-6-11-29(59-4)12-7-26)22-27-8-13-30(60-5)14-9-27)49-39(36(24)43(46,47)48)35-32(44)19-31-38(37(35)45)50-41(61-23-28-10-15-34(56)52(28)3)51-40(31)55-17-16-53(42(57)58)20-25(55)2/h6-9,11-14,18-19,25,28H,10,15-17,20-23H2,1-5H3,(H,57,58)/t25-,28-/m0/s1. The first-order valence-electron chi connectivity index (χ1n) is 19.5. The molecule has 0 saturated carbocycles. The Bertz CT molecular complexity index is 2390. The van der Waals surface area contributed by atoms with Gasteiger partial charge >= 0.3 is 18.3 Å². The van der Waals surface area contributed by atoms with Gasteiger partial charge in [-0.3, -0.25) is 4.79 Å². The number of hydrogen-bond acceptors (Lipinski definition) is 10. The number of ether oxygens (including phenoxy) is 3. The molecule has 3 aromatic carbocycles. The lowest BCUT2D eigenvalue weighted by molar-refractivity contribution is -0.137. The molecule has 13 nitrogen and oxygen atoms in total. The molecular formula is C43H44ClF4N7O6. The number of anilines is 2. The minimum Gasteiger partial charge on any atom is -0.497 e. The average Bonchev–Trinajstić information content (AvgIpc) is 3.55. The molecule has 2 atom stereocenters. The normalized spacial score (nSPS) is 17.0. The van der Waals surface area contributed by atoms with Crippen LogP contribution in [-0.4, -0.2) is 101 Å². The van der Waals surface area contributed by atoms with E-state index < -0.39 is 40.9 Å². The van der Waals surface area contributed by atoms with Crippen molar-refractivity contribution in [3.63, 3.8) is 0 Å². The average molecular weight is 866 g/mol. The Kier molecular flexibility index (Phi) is 12.3. The number of benzene rings is 3. The summed E-state index contributed by atoms with van der Waals surface area (Å²) in [5.74, 6) is 0.260. The fourth-order valence-electron chi connectivity index (χ4n) is 7.81. The Morgan fingerprint density at radius 2 is 1.59 bits per heavy atom. The van der Waals surface area contributed by atoms with Crippen molar-refractivity contribution in [2.75, 3.05) is 57.3 Å². The number of carbonyl (C=O) groups is 2. The number of pyridine rings is 1. The predicted molar refractivity (Wildman–Crippen MR) is 221 cm³/mol. The highest BCUT2D eigenvalue weighted by Gasteiger charge is 2.40. The van der Waals surface area contributed by atoms with Crippen molar-refractivity contribution in [2.24, 2.45) is 0 Å². The predicted octanol–water partition coefficient (Wildman–Crippen LogP) is 8.22. The molecule has 4 heterocycles. The van der Waals surface area contributed by atoms with E-state index in [1.54, 1.807) is 67.2 Å². The van der Waals surface area contributed by atoms with E-state index in [9.17, 15) is 14.7 Å². The maximum absolute atomic E-state index is 17.5. The summed E-state index contributed by atoms with van der Waals surface area (Å²) in [7, 11) is 4.73. The number of rotatable bonds is 12. The van der Waals surface area contributed by atoms with Crippen molar-refractivity contribution in [1.82, 2.24) is 24.8 Å². The molecule has 1 N–H and O–H groups in total. The largest absolute Gasteiger partial charge is 0.497 e. The topological polar surface area (TPSA) is 134 Å². The van der Waals surface area contributed by atoms with E-state index >= 15 is 17.6 Å². The molecule has 2 fully saturated rings. The second-order valence-electron chi connectivity index (χ2n) is 15.1. The van der Waals surface area contributed by atoms with E-state index in [0.717, 1.165) is 11.1 Å². The number of fused-ring (bicyclic) bond motifs is 1. The van der Waals surface area contributed by atoms with Gasteiger partial charge in [0.2, 0.25) is 5.91 Å². The van der Waals surface area contributed by atoms with E-state index in [1.165, 1.54) is 24.0 Å². The van der Waals surface area contributed by atoms with Crippen molar-refractivity contribution in [1.29, 1.82) is 0 Å². The quantitative estimate of drug-likeness (QED) is 0.122. The highest BCUT2D eigenvalue weighted by atomic mass is 35.5. The van der Waals surface area contributed by atoms with Gasteiger partial charge in [-0.1, -0.05) is 35.9 Å². The second kappa shape index (κ2) is 17.5. The summed E-state index contributed by atoms with van der Waals surface area (Å²) in [5.41, 5.74) is -1.54. The molecule has 0 aliphatic carbocycles. The van der Waals surface area contributed by atoms with E-state index in [2.05, 4.69) is 15.0 Å². The molecule has 18 heteroatoms. The number of aromatic nitrogens is 3. The van der Waals surface area contributed by atoms with E-state index in [0.29, 0.717) is 24.3 Å². The SMILES string of the molecule is COc1ccc(CN(Cc2ccc(OC)cc2)c2cc(C)c(C(F)(F)F)c(-c3c(Cl)cc4c(N5CCN(C(=O)O)C[C@@H]5C)nc(OC[C@@H]5CCC(=O)N5C)nc4c3F)n2)cc1. The minimum absolute atomic E-state index is 0.0309. The number of hydrogen-bond donors (Lipinski definition) is 1. The van der Waals surface area contributed by atoms with Gasteiger partial charge in [-0.2, -0.15) is 23.1 Å². The van der Waals surface area contributed by atoms with Gasteiger partial charge in [0.1, 0.15) is 35.3 Å². The number of likely N-dealkylation sites (tertiary alicyclic amines) is 1. The van der Waals surface area contributed by atoms with Crippen LogP contribution in [0.4, 0.5) is 34.0 Å². The van der Waals surface area contributed by atoms with Gasteiger partial charge in [0.15, 0.2) is 5.82 Å². The zero-order chi connectivity index (χ0) is 43.7. The number of carbonyl (C=O) groups excluding carboxylic acids is 1. The highest BCUT2D eigenvalue weighted by Crippen LogP contribution is 2.45. The number of halogens is 5. The molecule has 0 bridgehead atoms. The van der Waals surface area contributed by atoms with Gasteiger partial charge in [-0.25, -0.2) is 14.2 Å². The van der Waals surface area contributed by atoms with Gasteiger partial charge in [0.05, 0.1) is 42.1 Å². The summed E-state index contributed by atoms with van der Waals surface area (Å²) >= 11 is 6.88. The van der Waals surface area contributed by atoms with Gasteiger partial charge in [0, 0.05) is 57.6 Å². The molecule has 0 radical (unpaired) electrons. The molecule has 322 valence electrons. The Morgan fingerprint density at radius 3 is 2.11 bits per heavy atom. The first-order valence-corrected chi connectivity index (χ1v) is 19.9. The van der Waals surface area contributed by atoms with Crippen LogP contribution < -0.4 is 24.0 Å². The molecule has 2 aromatic heterocycles. The zero-order valence-corrected chi connectivity index (χ0v) is 34.8. The summed E-state index contributed by atoms with van der Waals surface area (Å²) in [6.07, 6.45) is -5.26. The number of nitrogens with zero attached hydrogens (tertiary/aromatic N) is 7. The lowest BCUT2D eigenvalue weighted by Crippen LogP contribution is -2.53. The lowest BCUT2D eigenvalue weighted by atomic mass is 9.98. The summed E-state index contributed by atoms with van der Waals surface area (Å²) in [4.78, 5) is 44.0. The molecule has 7 rings (SSSR count). The summed E-state index contributed by atoms with van der Waals surface area (Å²) in [5, 5.41) is 9.36. The maximum Gasteiger partial charge on any atom is 0.418 e. The Labute approximate surface area is 354 Å². The van der Waals surface area contributed by atoms with Crippen LogP contribution in [-0.2, 0) is 24.1 Å². The van der Waals surface area contributed by atoms with Crippen LogP contribution in [0.15, 0.2) is 60.7 Å². The van der Waals surface area contributed by atoms with Crippen LogP contribution in [0.3, 0.4) is 0 Å². The Hall–Kier alpha value is -6.10. The third-order valence-electron chi connectivity index (χ3n) is 11.2. The van der Waals surface area contributed by atoms with Gasteiger partial charge in [0.25, 0.3) is 0 Å². The fraction of sp³-hybridized carbons (Fsp3) is 0.372. The van der Waals surface area contributed by atoms with Crippen molar-refractivity contribution in [3.8, 4) is 28.8 Å². The Balaban J connectivity index is 1.39. The van der Waals surface area contributed by atoms with Crippen LogP contribution in [0.5, 0.6) is 17.5 Å². The molecule has 0 spiro atoms. The molecule has 2 amide bonds. The third-order valence-corrected chi connectivity index (χ3v) is 11.5. The molecule has 0 unspecified atom stereocenters. The molecule has 5 aromatic rings. The number of carboxylic acid groups (broad SMARTS) is 1. The highest BCUT2D eigenvalue weighted by molar-refractivity contribution is 6.34. The van der Waals surface area contributed by atoms with Crippen molar-refractivity contribution >= 4 is 46.1 Å². The van der Waals surface area contributed by atoms with Crippen LogP contribution in [0.1, 0.15) is 42.0 Å². The number of likely N-dealkylation sites (N-methyl/N-ethyl adjacent to an activating group) is 1. The second-order valence-corrected chi connectivity index (χ2v) is 15.5. The number of aryl methyl sites for hydroxylation is 1. The van der Waals surface area contributed by atoms with Crippen molar-refractivity contribution in [2.45, 2.75) is 58.0 Å². The summed E-state index contributed by atoms with van der Waals surface area (Å²) in [6, 6.07) is 16.0. The minimum atomic E-state index is -4.98. The number of amides is 2. The fourth-order valence-corrected chi connectivity index (χ4v) is 8.09. The molecule has 2 saturated heterocycles. The first kappa shape index (κ1) is 43.0. The smallest absolute Gasteiger partial charge is 0.418 e. The first-order chi connectivity index (χ1) is 29.1. The van der Waals surface area contributed by atoms with E-state index in [1.807, 2.05) is 24.3 Å². The van der Waals surface area contributed by atoms with Gasteiger partial charge in [-0.15, -0.1) is 0 Å². The molecule has 61 heavy (non-hydrogen) atoms. The molecular weight excluding hydrogens is 822 g/mol. The van der Waals surface area contributed by atoms with Crippen LogP contribution in [0.25, 0.3) is 22.2 Å². The molecule has 2 aliphatic heterocycles. The van der Waals surface area contributed by atoms with E-state index in [4.69, 9.17) is 25.8 Å². The van der Waals surface area contributed by atoms with Gasteiger partial charge in [-0.05, 0) is 73.4 Å². The number of piperazine rings is 1.